The van der Waals surface area contributed by atoms with Crippen molar-refractivity contribution < 1.29 is 9.53 Å². The fourth-order valence-corrected chi connectivity index (χ4v) is 4.04. The molecule has 2 aromatic heterocycles. The molecule has 0 aliphatic carbocycles. The molecule has 180 valence electrons. The summed E-state index contributed by atoms with van der Waals surface area (Å²) in [5, 5.41) is 7.56. The maximum atomic E-state index is 13.3. The molecule has 0 radical (unpaired) electrons. The first-order chi connectivity index (χ1) is 17.5. The number of amides is 1. The summed E-state index contributed by atoms with van der Waals surface area (Å²) in [4.78, 5) is 22.8. The van der Waals surface area contributed by atoms with Crippen molar-refractivity contribution in [3.05, 3.63) is 95.1 Å². The first-order valence-corrected chi connectivity index (χ1v) is 11.6. The van der Waals surface area contributed by atoms with Crippen molar-refractivity contribution in [1.29, 1.82) is 0 Å². The van der Waals surface area contributed by atoms with Gasteiger partial charge in [0, 0.05) is 6.54 Å². The van der Waals surface area contributed by atoms with Gasteiger partial charge in [-0.15, -0.1) is 0 Å². The molecule has 0 fully saturated rings. The maximum absolute atomic E-state index is 13.3. The number of carbonyl (C=O) groups excluding carboxylic acids is 1. The van der Waals surface area contributed by atoms with Gasteiger partial charge in [-0.2, -0.15) is 9.78 Å². The third-order valence-corrected chi connectivity index (χ3v) is 6.06. The second kappa shape index (κ2) is 9.87. The molecule has 5 aromatic rings. The second-order valence-corrected chi connectivity index (χ2v) is 8.41. The smallest absolute Gasteiger partial charge is 0.257 e. The van der Waals surface area contributed by atoms with Crippen LogP contribution in [0.5, 0.6) is 5.75 Å². The molecule has 36 heavy (non-hydrogen) atoms. The number of hydrogen-bond acceptors (Lipinski definition) is 6. The van der Waals surface area contributed by atoms with Crippen molar-refractivity contribution in [2.24, 2.45) is 5.10 Å². The Balaban J connectivity index is 1.49. The van der Waals surface area contributed by atoms with Gasteiger partial charge in [-0.3, -0.25) is 4.79 Å². The molecule has 0 bridgehead atoms. The molecule has 5 rings (SSSR count). The molecule has 8 heteroatoms. The zero-order valence-electron chi connectivity index (χ0n) is 20.1. The molecule has 0 aliphatic rings. The lowest BCUT2D eigenvalue weighted by Crippen LogP contribution is -2.26. The Morgan fingerprint density at radius 3 is 2.44 bits per heavy atom. The lowest BCUT2D eigenvalue weighted by atomic mass is 10.1. The van der Waals surface area contributed by atoms with Gasteiger partial charge in [0.15, 0.2) is 5.65 Å². The normalized spacial score (nSPS) is 11.4. The molecule has 0 spiro atoms. The summed E-state index contributed by atoms with van der Waals surface area (Å²) in [7, 11) is 1.63. The number of nitrogens with two attached hydrogens (primary N) is 1. The number of nitrogen functional groups attached to an aromatic ring is 1. The minimum Gasteiger partial charge on any atom is -0.497 e. The van der Waals surface area contributed by atoms with E-state index in [0.29, 0.717) is 35.2 Å². The van der Waals surface area contributed by atoms with Crippen molar-refractivity contribution >= 4 is 40.1 Å². The highest BCUT2D eigenvalue weighted by molar-refractivity contribution is 6.10. The molecule has 0 aliphatic heterocycles. The highest BCUT2D eigenvalue weighted by atomic mass is 16.5. The van der Waals surface area contributed by atoms with E-state index in [1.807, 2.05) is 79.7 Å². The Morgan fingerprint density at radius 2 is 1.72 bits per heavy atom. The first kappa shape index (κ1) is 23.0. The first-order valence-electron chi connectivity index (χ1n) is 11.6. The second-order valence-electron chi connectivity index (χ2n) is 8.41. The van der Waals surface area contributed by atoms with E-state index in [4.69, 9.17) is 20.4 Å². The number of methoxy groups -OCH3 is 1. The largest absolute Gasteiger partial charge is 0.497 e. The SMILES string of the molecule is COc1ccc(CCNC(=O)c2c(N)n(N=Cc3ccccc3C)c3nc4ccccc4nc23)cc1. The fourth-order valence-electron chi connectivity index (χ4n) is 4.04. The van der Waals surface area contributed by atoms with Gasteiger partial charge in [-0.25, -0.2) is 9.97 Å². The zero-order valence-corrected chi connectivity index (χ0v) is 20.1. The highest BCUT2D eigenvalue weighted by Gasteiger charge is 2.24. The summed E-state index contributed by atoms with van der Waals surface area (Å²) < 4.78 is 6.69. The predicted octanol–water partition coefficient (Wildman–Crippen LogP) is 4.34. The number of hydrogen-bond donors (Lipinski definition) is 2. The van der Waals surface area contributed by atoms with Gasteiger partial charge in [-0.1, -0.05) is 48.5 Å². The van der Waals surface area contributed by atoms with E-state index in [9.17, 15) is 4.79 Å². The molecular weight excluding hydrogens is 452 g/mol. The van der Waals surface area contributed by atoms with E-state index < -0.39 is 0 Å². The molecule has 0 atom stereocenters. The quantitative estimate of drug-likeness (QED) is 0.339. The van der Waals surface area contributed by atoms with Crippen molar-refractivity contribution in [2.45, 2.75) is 13.3 Å². The molecule has 0 unspecified atom stereocenters. The summed E-state index contributed by atoms with van der Waals surface area (Å²) in [5.74, 6) is 0.660. The lowest BCUT2D eigenvalue weighted by Gasteiger charge is -2.06. The Hall–Kier alpha value is -4.72. The van der Waals surface area contributed by atoms with E-state index in [1.54, 1.807) is 13.3 Å². The van der Waals surface area contributed by atoms with Gasteiger partial charge >= 0.3 is 0 Å². The average molecular weight is 479 g/mol. The number of rotatable bonds is 7. The number of fused-ring (bicyclic) bond motifs is 2. The van der Waals surface area contributed by atoms with Gasteiger partial charge in [-0.05, 0) is 54.3 Å². The number of nitrogens with one attached hydrogen (secondary N) is 1. The van der Waals surface area contributed by atoms with Crippen LogP contribution < -0.4 is 15.8 Å². The van der Waals surface area contributed by atoms with Gasteiger partial charge in [0.05, 0.1) is 24.4 Å². The molecule has 1 amide bonds. The standard InChI is InChI=1S/C28H26N6O2/c1-18-7-3-4-8-20(18)17-31-34-26(29)24(25-27(34)33-23-10-6-5-9-22(23)32-25)28(35)30-16-15-19-11-13-21(36-2)14-12-19/h3-14,17H,15-16,29H2,1-2H3,(H,30,35). The van der Waals surface area contributed by atoms with Crippen molar-refractivity contribution in [3.63, 3.8) is 0 Å². The number of benzene rings is 3. The van der Waals surface area contributed by atoms with Crippen LogP contribution in [0.4, 0.5) is 5.82 Å². The Kier molecular flexibility index (Phi) is 6.32. The average Bonchev–Trinajstić information content (AvgIpc) is 3.17. The van der Waals surface area contributed by atoms with Crippen LogP contribution in [0, 0.1) is 6.92 Å². The van der Waals surface area contributed by atoms with Crippen molar-refractivity contribution in [1.82, 2.24) is 20.0 Å². The lowest BCUT2D eigenvalue weighted by molar-refractivity contribution is 0.0956. The predicted molar refractivity (Wildman–Crippen MR) is 143 cm³/mol. The Labute approximate surface area is 208 Å². The maximum Gasteiger partial charge on any atom is 0.257 e. The minimum atomic E-state index is -0.319. The zero-order chi connectivity index (χ0) is 25.1. The van der Waals surface area contributed by atoms with Crippen LogP contribution in [0.25, 0.3) is 22.2 Å². The van der Waals surface area contributed by atoms with E-state index in [1.165, 1.54) is 4.68 Å². The number of para-hydroxylation sites is 2. The van der Waals surface area contributed by atoms with E-state index >= 15 is 0 Å². The third kappa shape index (κ3) is 4.48. The summed E-state index contributed by atoms with van der Waals surface area (Å²) >= 11 is 0. The van der Waals surface area contributed by atoms with Crippen LogP contribution in [0.1, 0.15) is 27.0 Å². The van der Waals surface area contributed by atoms with Crippen LogP contribution in [-0.2, 0) is 6.42 Å². The molecule has 3 aromatic carbocycles. The van der Waals surface area contributed by atoms with Gasteiger partial charge in [0.2, 0.25) is 0 Å². The third-order valence-electron chi connectivity index (χ3n) is 6.06. The molecule has 2 heterocycles. The van der Waals surface area contributed by atoms with Crippen molar-refractivity contribution in [3.8, 4) is 5.75 Å². The number of aromatic nitrogens is 3. The summed E-state index contributed by atoms with van der Waals surface area (Å²) in [5.41, 5.74) is 12.1. The van der Waals surface area contributed by atoms with Gasteiger partial charge < -0.3 is 15.8 Å². The molecule has 8 nitrogen and oxygen atoms in total. The van der Waals surface area contributed by atoms with Crippen LogP contribution in [0.3, 0.4) is 0 Å². The molecule has 0 saturated heterocycles. The van der Waals surface area contributed by atoms with E-state index in [-0.39, 0.29) is 17.3 Å². The Bertz CT molecular complexity index is 1590. The number of ether oxygens (including phenoxy) is 1. The number of carbonyl (C=O) groups is 1. The summed E-state index contributed by atoms with van der Waals surface area (Å²) in [6, 6.07) is 23.1. The summed E-state index contributed by atoms with van der Waals surface area (Å²) in [6.07, 6.45) is 2.38. The van der Waals surface area contributed by atoms with Gasteiger partial charge in [0.1, 0.15) is 22.6 Å². The highest BCUT2D eigenvalue weighted by Crippen LogP contribution is 2.28. The van der Waals surface area contributed by atoms with E-state index in [0.717, 1.165) is 22.4 Å². The Morgan fingerprint density at radius 1 is 1.03 bits per heavy atom. The number of anilines is 1. The van der Waals surface area contributed by atoms with Gasteiger partial charge in [0.25, 0.3) is 5.91 Å². The summed E-state index contributed by atoms with van der Waals surface area (Å²) in [6.45, 7) is 2.44. The monoisotopic (exact) mass is 478 g/mol. The van der Waals surface area contributed by atoms with E-state index in [2.05, 4.69) is 10.4 Å². The number of aryl methyl sites for hydroxylation is 1. The minimum absolute atomic E-state index is 0.187. The van der Waals surface area contributed by atoms with Crippen LogP contribution in [0.2, 0.25) is 0 Å². The molecular formula is C28H26N6O2. The molecule has 0 saturated carbocycles. The fraction of sp³-hybridized carbons (Fsp3) is 0.143. The molecule has 3 N–H and O–H groups in total. The van der Waals surface area contributed by atoms with Crippen LogP contribution in [-0.4, -0.2) is 40.4 Å². The number of nitrogens with zero attached hydrogens (tertiary/aromatic N) is 4. The topological polar surface area (TPSA) is 107 Å². The van der Waals surface area contributed by atoms with Crippen molar-refractivity contribution in [2.75, 3.05) is 19.4 Å². The van der Waals surface area contributed by atoms with Crippen LogP contribution >= 0.6 is 0 Å². The van der Waals surface area contributed by atoms with Crippen LogP contribution in [0.15, 0.2) is 77.9 Å².